The van der Waals surface area contributed by atoms with E-state index in [-0.39, 0.29) is 30.9 Å². The highest BCUT2D eigenvalue weighted by atomic mass is 16.6. The summed E-state index contributed by atoms with van der Waals surface area (Å²) in [4.78, 5) is 12.1. The van der Waals surface area contributed by atoms with E-state index >= 15 is 0 Å². The molecule has 2 saturated carbocycles. The molecule has 22 heavy (non-hydrogen) atoms. The van der Waals surface area contributed by atoms with Crippen LogP contribution in [0, 0.1) is 0 Å². The first-order valence-corrected chi connectivity index (χ1v) is 8.25. The number of rotatable bonds is 4. The lowest BCUT2D eigenvalue weighted by Gasteiger charge is -2.31. The molecule has 3 rings (SSSR count). The molecule has 1 heterocycles. The number of hydrogen-bond donors (Lipinski definition) is 2. The van der Waals surface area contributed by atoms with Crippen LogP contribution in [0.2, 0.25) is 0 Å². The predicted molar refractivity (Wildman–Crippen MR) is 79.1 cm³/mol. The maximum Gasteiger partial charge on any atom is 0.407 e. The van der Waals surface area contributed by atoms with Crippen molar-refractivity contribution in [3.05, 3.63) is 11.9 Å². The zero-order chi connectivity index (χ0) is 15.4. The highest BCUT2D eigenvalue weighted by molar-refractivity contribution is 5.67. The van der Waals surface area contributed by atoms with Gasteiger partial charge in [0, 0.05) is 0 Å². The topological polar surface area (TPSA) is 89.3 Å². The Balaban J connectivity index is 1.60. The van der Waals surface area contributed by atoms with Crippen LogP contribution in [0.5, 0.6) is 0 Å². The number of aliphatic hydroxyl groups is 1. The molecule has 0 spiro atoms. The second-order valence-electron chi connectivity index (χ2n) is 6.26. The van der Waals surface area contributed by atoms with Crippen LogP contribution in [-0.4, -0.2) is 38.3 Å². The van der Waals surface area contributed by atoms with E-state index in [2.05, 4.69) is 15.6 Å². The van der Waals surface area contributed by atoms with Crippen LogP contribution < -0.4 is 5.32 Å². The van der Waals surface area contributed by atoms with E-state index in [0.717, 1.165) is 51.4 Å². The number of amides is 1. The summed E-state index contributed by atoms with van der Waals surface area (Å²) in [7, 11) is 0. The van der Waals surface area contributed by atoms with Gasteiger partial charge in [-0.25, -0.2) is 9.48 Å². The van der Waals surface area contributed by atoms with Gasteiger partial charge < -0.3 is 15.2 Å². The van der Waals surface area contributed by atoms with Gasteiger partial charge in [0.25, 0.3) is 0 Å². The molecule has 2 aliphatic rings. The standard InChI is InChI=1S/C15H24N4O3/c20-10-11-9-19(18-17-11)14-8-4-3-7-13(14)16-15(21)22-12-5-1-2-6-12/h9,12-14,20H,1-8,10H2,(H,16,21)/t13-,14+/m0/s1. The maximum atomic E-state index is 12.1. The molecule has 0 saturated heterocycles. The Morgan fingerprint density at radius 2 is 2.00 bits per heavy atom. The normalized spacial score (nSPS) is 26.0. The smallest absolute Gasteiger partial charge is 0.407 e. The molecule has 1 aromatic heterocycles. The third-order valence-corrected chi connectivity index (χ3v) is 4.67. The van der Waals surface area contributed by atoms with E-state index in [1.807, 2.05) is 0 Å². The molecule has 7 heteroatoms. The number of aliphatic hydroxyl groups excluding tert-OH is 1. The largest absolute Gasteiger partial charge is 0.446 e. The number of alkyl carbamates (subject to hydrolysis) is 1. The molecule has 2 fully saturated rings. The first-order chi connectivity index (χ1) is 10.8. The molecule has 1 aromatic rings. The van der Waals surface area contributed by atoms with E-state index in [4.69, 9.17) is 9.84 Å². The molecule has 0 aromatic carbocycles. The Morgan fingerprint density at radius 3 is 2.73 bits per heavy atom. The van der Waals surface area contributed by atoms with Gasteiger partial charge in [-0.3, -0.25) is 0 Å². The summed E-state index contributed by atoms with van der Waals surface area (Å²) in [6.07, 6.45) is 9.82. The maximum absolute atomic E-state index is 12.1. The van der Waals surface area contributed by atoms with Gasteiger partial charge in [-0.2, -0.15) is 0 Å². The number of nitrogens with one attached hydrogen (secondary N) is 1. The van der Waals surface area contributed by atoms with Crippen molar-refractivity contribution in [2.45, 2.75) is 76.2 Å². The number of carbonyl (C=O) groups excluding carboxylic acids is 1. The van der Waals surface area contributed by atoms with Crippen LogP contribution in [0.1, 0.15) is 63.1 Å². The monoisotopic (exact) mass is 308 g/mol. The van der Waals surface area contributed by atoms with Crippen molar-refractivity contribution in [3.63, 3.8) is 0 Å². The highest BCUT2D eigenvalue weighted by Crippen LogP contribution is 2.28. The van der Waals surface area contributed by atoms with Crippen molar-refractivity contribution in [1.82, 2.24) is 20.3 Å². The van der Waals surface area contributed by atoms with Crippen LogP contribution in [0.25, 0.3) is 0 Å². The van der Waals surface area contributed by atoms with E-state index in [1.165, 1.54) is 0 Å². The van der Waals surface area contributed by atoms with E-state index in [1.54, 1.807) is 10.9 Å². The van der Waals surface area contributed by atoms with Gasteiger partial charge in [0.1, 0.15) is 11.8 Å². The average molecular weight is 308 g/mol. The molecule has 2 aliphatic carbocycles. The fourth-order valence-corrected chi connectivity index (χ4v) is 3.49. The molecule has 1 amide bonds. The number of ether oxygens (including phenoxy) is 1. The minimum absolute atomic E-state index is 0.0101. The molecule has 0 bridgehead atoms. The summed E-state index contributed by atoms with van der Waals surface area (Å²) < 4.78 is 7.26. The molecular formula is C15H24N4O3. The van der Waals surface area contributed by atoms with Crippen LogP contribution in [0.3, 0.4) is 0 Å². The van der Waals surface area contributed by atoms with Crippen molar-refractivity contribution in [1.29, 1.82) is 0 Å². The number of hydrogen-bond acceptors (Lipinski definition) is 5. The quantitative estimate of drug-likeness (QED) is 0.887. The summed E-state index contributed by atoms with van der Waals surface area (Å²) >= 11 is 0. The molecule has 7 nitrogen and oxygen atoms in total. The van der Waals surface area contributed by atoms with Crippen LogP contribution in [0.4, 0.5) is 4.79 Å². The van der Waals surface area contributed by atoms with Crippen molar-refractivity contribution in [2.24, 2.45) is 0 Å². The second-order valence-corrected chi connectivity index (χ2v) is 6.26. The van der Waals surface area contributed by atoms with Gasteiger partial charge >= 0.3 is 6.09 Å². The van der Waals surface area contributed by atoms with Gasteiger partial charge in [-0.1, -0.05) is 18.1 Å². The Kier molecular flexibility index (Phi) is 4.92. The minimum atomic E-state index is -0.314. The Morgan fingerprint density at radius 1 is 1.27 bits per heavy atom. The lowest BCUT2D eigenvalue weighted by Crippen LogP contribution is -2.44. The summed E-state index contributed by atoms with van der Waals surface area (Å²) in [6.45, 7) is -0.117. The third-order valence-electron chi connectivity index (χ3n) is 4.67. The van der Waals surface area contributed by atoms with Gasteiger partial charge in [0.2, 0.25) is 0 Å². The molecule has 0 unspecified atom stereocenters. The first-order valence-electron chi connectivity index (χ1n) is 8.25. The molecular weight excluding hydrogens is 284 g/mol. The molecule has 122 valence electrons. The summed E-state index contributed by atoms with van der Waals surface area (Å²) in [5.41, 5.74) is 0.554. The fraction of sp³-hybridized carbons (Fsp3) is 0.800. The Bertz CT molecular complexity index is 499. The molecule has 0 aliphatic heterocycles. The zero-order valence-corrected chi connectivity index (χ0v) is 12.8. The zero-order valence-electron chi connectivity index (χ0n) is 12.8. The van der Waals surface area contributed by atoms with Crippen LogP contribution in [0.15, 0.2) is 6.20 Å². The van der Waals surface area contributed by atoms with Gasteiger partial charge in [-0.05, 0) is 38.5 Å². The SMILES string of the molecule is O=C(N[C@H]1CCCC[C@H]1n1cc(CO)nn1)OC1CCCC1. The molecule has 2 N–H and O–H groups in total. The van der Waals surface area contributed by atoms with Crippen molar-refractivity contribution < 1.29 is 14.6 Å². The second kappa shape index (κ2) is 7.09. The summed E-state index contributed by atoms with van der Waals surface area (Å²) in [6, 6.07) is 0.0913. The lowest BCUT2D eigenvalue weighted by atomic mass is 9.90. The average Bonchev–Trinajstić information content (AvgIpc) is 3.19. The predicted octanol–water partition coefficient (Wildman–Crippen LogP) is 1.92. The van der Waals surface area contributed by atoms with Crippen molar-refractivity contribution >= 4 is 6.09 Å². The van der Waals surface area contributed by atoms with E-state index in [9.17, 15) is 4.79 Å². The summed E-state index contributed by atoms with van der Waals surface area (Å²) in [5, 5.41) is 20.1. The van der Waals surface area contributed by atoms with Crippen molar-refractivity contribution in [2.75, 3.05) is 0 Å². The fourth-order valence-electron chi connectivity index (χ4n) is 3.49. The Labute approximate surface area is 130 Å². The highest BCUT2D eigenvalue weighted by Gasteiger charge is 2.30. The number of nitrogens with zero attached hydrogens (tertiary/aromatic N) is 3. The van der Waals surface area contributed by atoms with Gasteiger partial charge in [-0.15, -0.1) is 5.10 Å². The van der Waals surface area contributed by atoms with E-state index < -0.39 is 0 Å². The van der Waals surface area contributed by atoms with Gasteiger partial charge in [0.05, 0.1) is 24.9 Å². The first kappa shape index (κ1) is 15.3. The van der Waals surface area contributed by atoms with Crippen molar-refractivity contribution in [3.8, 4) is 0 Å². The van der Waals surface area contributed by atoms with Gasteiger partial charge in [0.15, 0.2) is 0 Å². The van der Waals surface area contributed by atoms with Crippen LogP contribution in [-0.2, 0) is 11.3 Å². The number of carbonyl (C=O) groups is 1. The minimum Gasteiger partial charge on any atom is -0.446 e. The molecule has 2 atom stereocenters. The number of aromatic nitrogens is 3. The third kappa shape index (κ3) is 3.58. The Hall–Kier alpha value is -1.63. The van der Waals surface area contributed by atoms with Crippen LogP contribution >= 0.6 is 0 Å². The molecule has 0 radical (unpaired) electrons. The summed E-state index contributed by atoms with van der Waals surface area (Å²) in [5.74, 6) is 0. The lowest BCUT2D eigenvalue weighted by molar-refractivity contribution is 0.0917. The van der Waals surface area contributed by atoms with E-state index in [0.29, 0.717) is 5.69 Å².